The summed E-state index contributed by atoms with van der Waals surface area (Å²) in [6.07, 6.45) is 3.98. The number of phenolic OH excluding ortho intramolecular Hbond substituents is 1. The molecule has 15 heavy (non-hydrogen) atoms. The number of rotatable bonds is 2. The van der Waals surface area contributed by atoms with E-state index in [4.69, 9.17) is 0 Å². The lowest BCUT2D eigenvalue weighted by Crippen LogP contribution is -1.73. The molecule has 2 rings (SSSR count). The Bertz CT molecular complexity index is 483. The topological polar surface area (TPSA) is 20.2 Å². The monoisotopic (exact) mass is 216 g/mol. The first-order valence-electron chi connectivity index (χ1n) is 4.77. The maximum absolute atomic E-state index is 9.56. The molecule has 2 aromatic rings. The molecule has 0 aliphatic rings. The average molecular weight is 216 g/mol. The number of thiophene rings is 1. The molecule has 0 saturated heterocycles. The molecular formula is C13H12OS. The summed E-state index contributed by atoms with van der Waals surface area (Å²) in [4.78, 5) is 1.23. The van der Waals surface area contributed by atoms with Crippen LogP contribution < -0.4 is 0 Å². The third-order valence-electron chi connectivity index (χ3n) is 2.25. The van der Waals surface area contributed by atoms with Crippen LogP contribution in [-0.4, -0.2) is 5.11 Å². The van der Waals surface area contributed by atoms with Gasteiger partial charge in [0.1, 0.15) is 5.75 Å². The normalized spacial score (nSPS) is 11.0. The van der Waals surface area contributed by atoms with Gasteiger partial charge < -0.3 is 5.11 Å². The van der Waals surface area contributed by atoms with Gasteiger partial charge in [-0.1, -0.05) is 18.2 Å². The summed E-state index contributed by atoms with van der Waals surface area (Å²) in [5.41, 5.74) is 2.12. The predicted octanol–water partition coefficient (Wildman–Crippen LogP) is 3.93. The van der Waals surface area contributed by atoms with Crippen molar-refractivity contribution in [3.63, 3.8) is 0 Å². The van der Waals surface area contributed by atoms with E-state index in [2.05, 4.69) is 18.4 Å². The fourth-order valence-corrected chi connectivity index (χ4v) is 2.17. The van der Waals surface area contributed by atoms with Crippen LogP contribution in [0.15, 0.2) is 35.7 Å². The van der Waals surface area contributed by atoms with E-state index >= 15 is 0 Å². The van der Waals surface area contributed by atoms with Crippen LogP contribution in [0.3, 0.4) is 0 Å². The van der Waals surface area contributed by atoms with Crippen LogP contribution in [0.25, 0.3) is 12.2 Å². The minimum absolute atomic E-state index is 0.322. The highest BCUT2D eigenvalue weighted by atomic mass is 32.1. The predicted molar refractivity (Wildman–Crippen MR) is 66.1 cm³/mol. The van der Waals surface area contributed by atoms with Crippen molar-refractivity contribution in [2.45, 2.75) is 6.92 Å². The van der Waals surface area contributed by atoms with E-state index in [1.807, 2.05) is 30.4 Å². The average Bonchev–Trinajstić information content (AvgIpc) is 2.63. The number of para-hydroxylation sites is 1. The van der Waals surface area contributed by atoms with Gasteiger partial charge in [0.2, 0.25) is 0 Å². The van der Waals surface area contributed by atoms with E-state index < -0.39 is 0 Å². The van der Waals surface area contributed by atoms with Gasteiger partial charge >= 0.3 is 0 Å². The molecule has 0 aliphatic carbocycles. The third kappa shape index (κ3) is 2.28. The van der Waals surface area contributed by atoms with Crippen LogP contribution in [0.4, 0.5) is 0 Å². The summed E-state index contributed by atoms with van der Waals surface area (Å²) >= 11 is 1.71. The van der Waals surface area contributed by atoms with Crippen LogP contribution in [0.1, 0.15) is 16.0 Å². The Kier molecular flexibility index (Phi) is 2.88. The molecule has 0 atom stereocenters. The Morgan fingerprint density at radius 3 is 2.60 bits per heavy atom. The van der Waals surface area contributed by atoms with E-state index in [0.29, 0.717) is 5.75 Å². The van der Waals surface area contributed by atoms with E-state index in [1.54, 1.807) is 17.4 Å². The first kappa shape index (κ1) is 9.99. The van der Waals surface area contributed by atoms with Crippen LogP contribution >= 0.6 is 11.3 Å². The second kappa shape index (κ2) is 4.32. The molecule has 0 saturated carbocycles. The molecule has 76 valence electrons. The molecular weight excluding hydrogens is 204 g/mol. The zero-order chi connectivity index (χ0) is 10.7. The Balaban J connectivity index is 2.26. The summed E-state index contributed by atoms with van der Waals surface area (Å²) in [7, 11) is 0. The molecule has 0 radical (unpaired) electrons. The van der Waals surface area contributed by atoms with Crippen LogP contribution in [0, 0.1) is 6.92 Å². The Morgan fingerprint density at radius 2 is 1.93 bits per heavy atom. The summed E-state index contributed by atoms with van der Waals surface area (Å²) < 4.78 is 0. The molecule has 0 bridgehead atoms. The highest BCUT2D eigenvalue weighted by Gasteiger charge is 1.96. The Hall–Kier alpha value is -1.54. The molecule has 0 fully saturated rings. The van der Waals surface area contributed by atoms with Crippen molar-refractivity contribution in [1.82, 2.24) is 0 Å². The zero-order valence-electron chi connectivity index (χ0n) is 8.47. The standard InChI is InChI=1S/C13H12OS/c1-10-8-9-15-13(10)7-6-11-4-2-3-5-12(11)14/h2-9,14H,1H3/b7-6+. The van der Waals surface area contributed by atoms with Crippen molar-refractivity contribution >= 4 is 23.5 Å². The van der Waals surface area contributed by atoms with Gasteiger partial charge in [0.15, 0.2) is 0 Å². The Morgan fingerprint density at radius 1 is 1.13 bits per heavy atom. The van der Waals surface area contributed by atoms with Gasteiger partial charge in [-0.05, 0) is 42.2 Å². The number of aromatic hydroxyl groups is 1. The van der Waals surface area contributed by atoms with Crippen molar-refractivity contribution in [3.8, 4) is 5.75 Å². The van der Waals surface area contributed by atoms with Gasteiger partial charge in [-0.3, -0.25) is 0 Å². The molecule has 0 spiro atoms. The highest BCUT2D eigenvalue weighted by Crippen LogP contribution is 2.22. The Labute approximate surface area is 93.3 Å². The van der Waals surface area contributed by atoms with Gasteiger partial charge in [-0.15, -0.1) is 11.3 Å². The van der Waals surface area contributed by atoms with E-state index in [9.17, 15) is 5.11 Å². The van der Waals surface area contributed by atoms with Crippen LogP contribution in [-0.2, 0) is 0 Å². The lowest BCUT2D eigenvalue weighted by atomic mass is 10.1. The molecule has 1 heterocycles. The fourth-order valence-electron chi connectivity index (χ4n) is 1.35. The summed E-state index contributed by atoms with van der Waals surface area (Å²) in [5, 5.41) is 11.6. The maximum Gasteiger partial charge on any atom is 0.122 e. The number of phenols is 1. The molecule has 0 aliphatic heterocycles. The largest absolute Gasteiger partial charge is 0.507 e. The molecule has 1 aromatic heterocycles. The van der Waals surface area contributed by atoms with Crippen molar-refractivity contribution in [3.05, 3.63) is 51.7 Å². The number of hydrogen-bond donors (Lipinski definition) is 1. The van der Waals surface area contributed by atoms with Crippen LogP contribution in [0.2, 0.25) is 0 Å². The minimum atomic E-state index is 0.322. The summed E-state index contributed by atoms with van der Waals surface area (Å²) in [5.74, 6) is 0.322. The first-order valence-corrected chi connectivity index (χ1v) is 5.65. The molecule has 1 nitrogen and oxygen atoms in total. The van der Waals surface area contributed by atoms with E-state index in [0.717, 1.165) is 5.56 Å². The van der Waals surface area contributed by atoms with Gasteiger partial charge in [-0.25, -0.2) is 0 Å². The van der Waals surface area contributed by atoms with Gasteiger partial charge in [0.25, 0.3) is 0 Å². The molecule has 0 unspecified atom stereocenters. The SMILES string of the molecule is Cc1ccsc1/C=C/c1ccccc1O. The lowest BCUT2D eigenvalue weighted by molar-refractivity contribution is 0.474. The van der Waals surface area contributed by atoms with Crippen molar-refractivity contribution in [1.29, 1.82) is 0 Å². The number of benzene rings is 1. The zero-order valence-corrected chi connectivity index (χ0v) is 9.29. The van der Waals surface area contributed by atoms with E-state index in [1.165, 1.54) is 10.4 Å². The quantitative estimate of drug-likeness (QED) is 0.806. The maximum atomic E-state index is 9.56. The molecule has 1 aromatic carbocycles. The smallest absolute Gasteiger partial charge is 0.122 e. The number of hydrogen-bond acceptors (Lipinski definition) is 2. The second-order valence-electron chi connectivity index (χ2n) is 3.36. The van der Waals surface area contributed by atoms with Crippen molar-refractivity contribution < 1.29 is 5.11 Å². The van der Waals surface area contributed by atoms with Gasteiger partial charge in [-0.2, -0.15) is 0 Å². The van der Waals surface area contributed by atoms with E-state index in [-0.39, 0.29) is 0 Å². The highest BCUT2D eigenvalue weighted by molar-refractivity contribution is 7.11. The number of aryl methyl sites for hydroxylation is 1. The molecule has 0 amide bonds. The van der Waals surface area contributed by atoms with Crippen molar-refractivity contribution in [2.24, 2.45) is 0 Å². The molecule has 1 N–H and O–H groups in total. The first-order chi connectivity index (χ1) is 7.27. The van der Waals surface area contributed by atoms with Crippen LogP contribution in [0.5, 0.6) is 5.75 Å². The minimum Gasteiger partial charge on any atom is -0.507 e. The summed E-state index contributed by atoms with van der Waals surface area (Å²) in [6.45, 7) is 2.08. The lowest BCUT2D eigenvalue weighted by Gasteiger charge is -1.96. The third-order valence-corrected chi connectivity index (χ3v) is 3.24. The van der Waals surface area contributed by atoms with Crippen molar-refractivity contribution in [2.75, 3.05) is 0 Å². The second-order valence-corrected chi connectivity index (χ2v) is 4.31. The fraction of sp³-hybridized carbons (Fsp3) is 0.0769. The molecule has 2 heteroatoms. The summed E-state index contributed by atoms with van der Waals surface area (Å²) in [6, 6.07) is 9.43. The van der Waals surface area contributed by atoms with Gasteiger partial charge in [0.05, 0.1) is 0 Å². The van der Waals surface area contributed by atoms with Gasteiger partial charge in [0, 0.05) is 10.4 Å².